The number of thioether (sulfide) groups is 1. The first-order valence-corrected chi connectivity index (χ1v) is 5.88. The Kier molecular flexibility index (Phi) is 3.11. The van der Waals surface area contributed by atoms with Gasteiger partial charge in [0.05, 0.1) is 6.04 Å². The molecule has 1 heterocycles. The molecule has 0 saturated heterocycles. The third-order valence-electron chi connectivity index (χ3n) is 1.98. The number of aliphatic carboxylic acids is 1. The molecular formula is C7H9ClN4O2S. The molecule has 1 N–H and O–H groups in total. The number of hydrogen-bond acceptors (Lipinski definition) is 5. The normalized spacial score (nSPS) is 17.7. The zero-order chi connectivity index (χ0) is 10.8. The van der Waals surface area contributed by atoms with Gasteiger partial charge in [-0.25, -0.2) is 4.68 Å². The van der Waals surface area contributed by atoms with Crippen LogP contribution in [0.1, 0.15) is 18.9 Å². The number of aromatic nitrogens is 4. The molecule has 1 atom stereocenters. The second-order valence-corrected chi connectivity index (χ2v) is 4.77. The smallest absolute Gasteiger partial charge is 0.322 e. The molecule has 1 aromatic heterocycles. The van der Waals surface area contributed by atoms with Gasteiger partial charge in [0.15, 0.2) is 0 Å². The summed E-state index contributed by atoms with van der Waals surface area (Å²) in [4.78, 5) is 10.5. The fourth-order valence-electron chi connectivity index (χ4n) is 1.05. The van der Waals surface area contributed by atoms with Crippen molar-refractivity contribution in [2.45, 2.75) is 29.4 Å². The number of rotatable bonds is 5. The Morgan fingerprint density at radius 1 is 1.73 bits per heavy atom. The molecule has 0 amide bonds. The molecule has 8 heteroatoms. The van der Waals surface area contributed by atoms with Gasteiger partial charge in [0.25, 0.3) is 0 Å². The first kappa shape index (κ1) is 10.7. The van der Waals surface area contributed by atoms with Gasteiger partial charge in [-0.05, 0) is 23.3 Å². The van der Waals surface area contributed by atoms with E-state index in [1.165, 1.54) is 11.8 Å². The molecule has 2 rings (SSSR count). The summed E-state index contributed by atoms with van der Waals surface area (Å²) in [5.74, 6) is -0.751. The predicted octanol–water partition coefficient (Wildman–Crippen LogP) is 0.792. The van der Waals surface area contributed by atoms with Crippen LogP contribution in [0.4, 0.5) is 0 Å². The van der Waals surface area contributed by atoms with Crippen molar-refractivity contribution in [3.05, 3.63) is 0 Å². The molecule has 1 fully saturated rings. The van der Waals surface area contributed by atoms with Gasteiger partial charge in [-0.15, -0.1) is 16.7 Å². The van der Waals surface area contributed by atoms with E-state index in [-0.39, 0.29) is 5.75 Å². The molecule has 0 spiro atoms. The number of carboxylic acids is 1. The molecule has 1 aliphatic carbocycles. The number of halogens is 1. The molecule has 1 aromatic rings. The number of nitrogens with zero attached hydrogens (tertiary/aromatic N) is 4. The maximum absolute atomic E-state index is 10.5. The van der Waals surface area contributed by atoms with Crippen LogP contribution < -0.4 is 0 Å². The predicted molar refractivity (Wildman–Crippen MR) is 54.1 cm³/mol. The van der Waals surface area contributed by atoms with Crippen LogP contribution in [0.5, 0.6) is 0 Å². The van der Waals surface area contributed by atoms with Gasteiger partial charge in [-0.2, -0.15) is 0 Å². The number of carbonyl (C=O) groups is 1. The van der Waals surface area contributed by atoms with E-state index in [0.29, 0.717) is 11.2 Å². The third kappa shape index (κ3) is 2.60. The van der Waals surface area contributed by atoms with E-state index in [4.69, 9.17) is 16.7 Å². The lowest BCUT2D eigenvalue weighted by molar-refractivity contribution is -0.136. The van der Waals surface area contributed by atoms with Crippen LogP contribution in [-0.4, -0.2) is 42.4 Å². The van der Waals surface area contributed by atoms with Crippen molar-refractivity contribution in [2.75, 3.05) is 5.75 Å². The topological polar surface area (TPSA) is 80.9 Å². The van der Waals surface area contributed by atoms with Crippen LogP contribution >= 0.6 is 23.4 Å². The molecule has 0 aromatic carbocycles. The molecule has 0 radical (unpaired) electrons. The standard InChI is InChI=1S/C7H9ClN4O2S/c8-5(6(13)14)3-15-7-9-10-11-12(7)4-1-2-4/h4-5H,1-3H2,(H,13,14). The third-order valence-corrected chi connectivity index (χ3v) is 3.53. The maximum Gasteiger partial charge on any atom is 0.322 e. The fraction of sp³-hybridized carbons (Fsp3) is 0.714. The summed E-state index contributed by atoms with van der Waals surface area (Å²) in [6, 6.07) is 0.390. The molecular weight excluding hydrogens is 240 g/mol. The minimum atomic E-state index is -1.02. The zero-order valence-corrected chi connectivity index (χ0v) is 9.28. The second-order valence-electron chi connectivity index (χ2n) is 3.25. The lowest BCUT2D eigenvalue weighted by atomic mass is 10.5. The first-order chi connectivity index (χ1) is 7.18. The number of hydrogen-bond donors (Lipinski definition) is 1. The van der Waals surface area contributed by atoms with Gasteiger partial charge >= 0.3 is 5.97 Å². The van der Waals surface area contributed by atoms with Gasteiger partial charge in [0, 0.05) is 5.75 Å². The number of tetrazole rings is 1. The van der Waals surface area contributed by atoms with Crippen LogP contribution in [0.3, 0.4) is 0 Å². The summed E-state index contributed by atoms with van der Waals surface area (Å²) in [6.45, 7) is 0. The number of carboxylic acid groups (broad SMARTS) is 1. The van der Waals surface area contributed by atoms with Crippen molar-refractivity contribution in [2.24, 2.45) is 0 Å². The van der Waals surface area contributed by atoms with Crippen LogP contribution in [0.15, 0.2) is 5.16 Å². The molecule has 82 valence electrons. The Balaban J connectivity index is 1.92. The molecule has 6 nitrogen and oxygen atoms in total. The molecule has 15 heavy (non-hydrogen) atoms. The van der Waals surface area contributed by atoms with Crippen molar-refractivity contribution in [3.63, 3.8) is 0 Å². The zero-order valence-electron chi connectivity index (χ0n) is 7.71. The summed E-state index contributed by atoms with van der Waals surface area (Å²) < 4.78 is 1.73. The Bertz CT molecular complexity index is 368. The molecule has 0 aliphatic heterocycles. The minimum absolute atomic E-state index is 0.268. The lowest BCUT2D eigenvalue weighted by Crippen LogP contribution is -2.16. The highest BCUT2D eigenvalue weighted by molar-refractivity contribution is 7.99. The molecule has 1 unspecified atom stereocenters. The van der Waals surface area contributed by atoms with E-state index in [1.807, 2.05) is 0 Å². The van der Waals surface area contributed by atoms with E-state index < -0.39 is 11.3 Å². The number of alkyl halides is 1. The van der Waals surface area contributed by atoms with Crippen LogP contribution in [0.25, 0.3) is 0 Å². The Labute approximate surface area is 95.0 Å². The fourth-order valence-corrected chi connectivity index (χ4v) is 2.09. The maximum atomic E-state index is 10.5. The largest absolute Gasteiger partial charge is 0.480 e. The summed E-state index contributed by atoms with van der Waals surface area (Å²) in [6.07, 6.45) is 2.17. The Morgan fingerprint density at radius 3 is 3.07 bits per heavy atom. The van der Waals surface area contributed by atoms with Crippen LogP contribution in [-0.2, 0) is 4.79 Å². The summed E-state index contributed by atoms with van der Waals surface area (Å²) >= 11 is 6.85. The molecule has 1 aliphatic rings. The van der Waals surface area contributed by atoms with Gasteiger partial charge in [0.1, 0.15) is 5.38 Å². The van der Waals surface area contributed by atoms with Gasteiger partial charge in [-0.1, -0.05) is 11.8 Å². The summed E-state index contributed by atoms with van der Waals surface area (Å²) in [5, 5.41) is 19.6. The SMILES string of the molecule is O=C(O)C(Cl)CSc1nnnn1C1CC1. The Hall–Kier alpha value is -0.820. The van der Waals surface area contributed by atoms with Crippen LogP contribution in [0.2, 0.25) is 0 Å². The Morgan fingerprint density at radius 2 is 2.47 bits per heavy atom. The summed E-state index contributed by atoms with van der Waals surface area (Å²) in [5.41, 5.74) is 0. The monoisotopic (exact) mass is 248 g/mol. The van der Waals surface area contributed by atoms with Crippen molar-refractivity contribution in [3.8, 4) is 0 Å². The highest BCUT2D eigenvalue weighted by atomic mass is 35.5. The van der Waals surface area contributed by atoms with Crippen molar-refractivity contribution in [1.82, 2.24) is 20.2 Å². The molecule has 0 bridgehead atoms. The first-order valence-electron chi connectivity index (χ1n) is 4.46. The average Bonchev–Trinajstić information content (AvgIpc) is 2.94. The van der Waals surface area contributed by atoms with E-state index in [0.717, 1.165) is 12.8 Å². The average molecular weight is 249 g/mol. The van der Waals surface area contributed by atoms with Crippen LogP contribution in [0, 0.1) is 0 Å². The highest BCUT2D eigenvalue weighted by Gasteiger charge is 2.28. The van der Waals surface area contributed by atoms with E-state index in [9.17, 15) is 4.79 Å². The van der Waals surface area contributed by atoms with E-state index in [1.54, 1.807) is 4.68 Å². The van der Waals surface area contributed by atoms with Gasteiger partial charge < -0.3 is 5.11 Å². The van der Waals surface area contributed by atoms with Gasteiger partial charge in [0.2, 0.25) is 5.16 Å². The molecule has 1 saturated carbocycles. The minimum Gasteiger partial charge on any atom is -0.480 e. The second kappa shape index (κ2) is 4.36. The highest BCUT2D eigenvalue weighted by Crippen LogP contribution is 2.36. The lowest BCUT2D eigenvalue weighted by Gasteiger charge is -2.03. The van der Waals surface area contributed by atoms with Crippen molar-refractivity contribution in [1.29, 1.82) is 0 Å². The summed E-state index contributed by atoms with van der Waals surface area (Å²) in [7, 11) is 0. The van der Waals surface area contributed by atoms with Crippen molar-refractivity contribution >= 4 is 29.3 Å². The quantitative estimate of drug-likeness (QED) is 0.613. The van der Waals surface area contributed by atoms with E-state index >= 15 is 0 Å². The van der Waals surface area contributed by atoms with E-state index in [2.05, 4.69) is 15.5 Å². The van der Waals surface area contributed by atoms with Gasteiger partial charge in [-0.3, -0.25) is 4.79 Å². The van der Waals surface area contributed by atoms with Crippen molar-refractivity contribution < 1.29 is 9.90 Å².